The second kappa shape index (κ2) is 9.22. The fourth-order valence-electron chi connectivity index (χ4n) is 3.48. The van der Waals surface area contributed by atoms with E-state index in [1.165, 1.54) is 0 Å². The zero-order valence-corrected chi connectivity index (χ0v) is 18.3. The Hall–Kier alpha value is -3.32. The van der Waals surface area contributed by atoms with Gasteiger partial charge in [-0.3, -0.25) is 4.79 Å². The molecule has 0 fully saturated rings. The van der Waals surface area contributed by atoms with Crippen LogP contribution < -0.4 is 10.1 Å². The Morgan fingerprint density at radius 3 is 2.81 bits per heavy atom. The Labute approximate surface area is 185 Å². The number of imidazole rings is 2. The number of anilines is 1. The Morgan fingerprint density at radius 1 is 1.23 bits per heavy atom. The maximum absolute atomic E-state index is 12.3. The van der Waals surface area contributed by atoms with Crippen LogP contribution in [0.25, 0.3) is 11.0 Å². The third-order valence-corrected chi connectivity index (χ3v) is 5.30. The van der Waals surface area contributed by atoms with Crippen molar-refractivity contribution in [2.24, 2.45) is 0 Å². The molecule has 1 amide bonds. The number of carbonyl (C=O) groups is 1. The fourth-order valence-corrected chi connectivity index (χ4v) is 3.67. The number of para-hydroxylation sites is 1. The molecule has 4 aromatic rings. The van der Waals surface area contributed by atoms with Gasteiger partial charge >= 0.3 is 0 Å². The van der Waals surface area contributed by atoms with Crippen LogP contribution in [-0.4, -0.2) is 31.6 Å². The molecule has 0 aliphatic rings. The number of aryl methyl sites for hydroxylation is 2. The third kappa shape index (κ3) is 4.72. The number of ether oxygens (including phenoxy) is 1. The van der Waals surface area contributed by atoms with Gasteiger partial charge in [-0.05, 0) is 43.7 Å². The lowest BCUT2D eigenvalue weighted by molar-refractivity contribution is -0.118. The van der Waals surface area contributed by atoms with Crippen LogP contribution in [0.2, 0.25) is 5.02 Å². The average Bonchev–Trinajstić information content (AvgIpc) is 3.31. The summed E-state index contributed by atoms with van der Waals surface area (Å²) >= 11 is 6.06. The molecule has 2 heterocycles. The molecule has 0 saturated heterocycles. The fraction of sp³-hybridized carbons (Fsp3) is 0.261. The van der Waals surface area contributed by atoms with Gasteiger partial charge in [0.25, 0.3) is 5.91 Å². The molecule has 0 radical (unpaired) electrons. The summed E-state index contributed by atoms with van der Waals surface area (Å²) < 4.78 is 9.81. The Balaban J connectivity index is 1.51. The normalized spacial score (nSPS) is 11.1. The lowest BCUT2D eigenvalue weighted by atomic mass is 10.2. The minimum atomic E-state index is -0.262. The molecule has 2 aromatic carbocycles. The molecule has 0 aliphatic heterocycles. The molecular formula is C23H24ClN5O2. The van der Waals surface area contributed by atoms with Crippen molar-refractivity contribution < 1.29 is 9.53 Å². The lowest BCUT2D eigenvalue weighted by Crippen LogP contribution is -2.20. The number of fused-ring (bicyclic) bond motifs is 1. The van der Waals surface area contributed by atoms with Gasteiger partial charge in [0.2, 0.25) is 0 Å². The predicted octanol–water partition coefficient (Wildman–Crippen LogP) is 4.67. The predicted molar refractivity (Wildman–Crippen MR) is 122 cm³/mol. The first-order valence-electron chi connectivity index (χ1n) is 10.2. The number of hydrogen-bond acceptors (Lipinski definition) is 4. The van der Waals surface area contributed by atoms with E-state index in [0.29, 0.717) is 23.0 Å². The van der Waals surface area contributed by atoms with Crippen LogP contribution in [0.1, 0.15) is 25.0 Å². The van der Waals surface area contributed by atoms with Gasteiger partial charge in [0.15, 0.2) is 6.61 Å². The van der Waals surface area contributed by atoms with E-state index in [9.17, 15) is 4.79 Å². The van der Waals surface area contributed by atoms with Crippen LogP contribution in [0.5, 0.6) is 5.75 Å². The molecule has 4 rings (SSSR count). The maximum Gasteiger partial charge on any atom is 0.262 e. The van der Waals surface area contributed by atoms with Gasteiger partial charge < -0.3 is 19.2 Å². The molecule has 0 saturated carbocycles. The number of nitrogens with one attached hydrogen (secondary N) is 1. The molecule has 8 heteroatoms. The van der Waals surface area contributed by atoms with Gasteiger partial charge in [-0.25, -0.2) is 9.97 Å². The van der Waals surface area contributed by atoms with Gasteiger partial charge in [-0.2, -0.15) is 0 Å². The number of aromatic nitrogens is 4. The largest absolute Gasteiger partial charge is 0.482 e. The monoisotopic (exact) mass is 437 g/mol. The summed E-state index contributed by atoms with van der Waals surface area (Å²) in [7, 11) is 0. The smallest absolute Gasteiger partial charge is 0.262 e. The average molecular weight is 438 g/mol. The summed E-state index contributed by atoms with van der Waals surface area (Å²) in [5.41, 5.74) is 2.55. The first-order chi connectivity index (χ1) is 15.0. The van der Waals surface area contributed by atoms with Crippen molar-refractivity contribution in [3.8, 4) is 5.75 Å². The SMILES string of the molecule is CCCn1c(Cn2ccnc2C)nc2cc(NC(=O)COc3ccccc3Cl)ccc21. The molecule has 0 unspecified atom stereocenters. The highest BCUT2D eigenvalue weighted by Gasteiger charge is 2.13. The van der Waals surface area contributed by atoms with Gasteiger partial charge in [0, 0.05) is 24.6 Å². The van der Waals surface area contributed by atoms with Crippen molar-refractivity contribution in [1.29, 1.82) is 0 Å². The minimum Gasteiger partial charge on any atom is -0.482 e. The molecule has 0 spiro atoms. The molecule has 2 aromatic heterocycles. The van der Waals surface area contributed by atoms with Crippen LogP contribution >= 0.6 is 11.6 Å². The standard InChI is InChI=1S/C23H24ClN5O2/c1-3-11-29-20-9-8-17(26-23(30)15-31-21-7-5-4-6-18(21)24)13-19(20)27-22(29)14-28-12-10-25-16(28)2/h4-10,12-13H,3,11,14-15H2,1-2H3,(H,26,30). The summed E-state index contributed by atoms with van der Waals surface area (Å²) in [5.74, 6) is 2.12. The number of amides is 1. The lowest BCUT2D eigenvalue weighted by Gasteiger charge is -2.10. The molecule has 0 bridgehead atoms. The summed E-state index contributed by atoms with van der Waals surface area (Å²) in [4.78, 5) is 21.5. The van der Waals surface area contributed by atoms with E-state index >= 15 is 0 Å². The topological polar surface area (TPSA) is 74.0 Å². The second-order valence-corrected chi connectivity index (χ2v) is 7.66. The van der Waals surface area contributed by atoms with E-state index in [2.05, 4.69) is 26.4 Å². The van der Waals surface area contributed by atoms with Crippen LogP contribution in [0.15, 0.2) is 54.9 Å². The highest BCUT2D eigenvalue weighted by atomic mass is 35.5. The molecule has 31 heavy (non-hydrogen) atoms. The van der Waals surface area contributed by atoms with Gasteiger partial charge in [-0.15, -0.1) is 0 Å². The minimum absolute atomic E-state index is 0.128. The molecule has 7 nitrogen and oxygen atoms in total. The van der Waals surface area contributed by atoms with Crippen LogP contribution in [0.3, 0.4) is 0 Å². The van der Waals surface area contributed by atoms with E-state index in [1.54, 1.807) is 18.3 Å². The first kappa shape index (κ1) is 20.9. The number of carbonyl (C=O) groups excluding carboxylic acids is 1. The molecule has 1 N–H and O–H groups in total. The molecule has 160 valence electrons. The summed E-state index contributed by atoms with van der Waals surface area (Å²) in [5, 5.41) is 3.34. The summed E-state index contributed by atoms with van der Waals surface area (Å²) in [6.45, 7) is 5.51. The highest BCUT2D eigenvalue weighted by Crippen LogP contribution is 2.24. The van der Waals surface area contributed by atoms with E-state index in [1.807, 2.05) is 43.5 Å². The molecule has 0 aliphatic carbocycles. The number of hydrogen-bond donors (Lipinski definition) is 1. The second-order valence-electron chi connectivity index (χ2n) is 7.25. The quantitative estimate of drug-likeness (QED) is 0.434. The summed E-state index contributed by atoms with van der Waals surface area (Å²) in [6.07, 6.45) is 4.75. The Morgan fingerprint density at radius 2 is 2.06 bits per heavy atom. The van der Waals surface area contributed by atoms with Gasteiger partial charge in [-0.1, -0.05) is 30.7 Å². The van der Waals surface area contributed by atoms with Crippen LogP contribution in [0, 0.1) is 6.92 Å². The van der Waals surface area contributed by atoms with Gasteiger partial charge in [0.05, 0.1) is 22.6 Å². The van der Waals surface area contributed by atoms with E-state index in [0.717, 1.165) is 35.6 Å². The third-order valence-electron chi connectivity index (χ3n) is 4.99. The highest BCUT2D eigenvalue weighted by molar-refractivity contribution is 6.32. The van der Waals surface area contributed by atoms with Crippen LogP contribution in [-0.2, 0) is 17.9 Å². The Bertz CT molecular complexity index is 1210. The molecular weight excluding hydrogens is 414 g/mol. The van der Waals surface area contributed by atoms with Crippen molar-refractivity contribution >= 4 is 34.2 Å². The van der Waals surface area contributed by atoms with E-state index in [4.69, 9.17) is 21.3 Å². The number of nitrogens with zero attached hydrogens (tertiary/aromatic N) is 4. The van der Waals surface area contributed by atoms with E-state index < -0.39 is 0 Å². The van der Waals surface area contributed by atoms with E-state index in [-0.39, 0.29) is 12.5 Å². The zero-order valence-electron chi connectivity index (χ0n) is 17.5. The van der Waals surface area contributed by atoms with Crippen LogP contribution in [0.4, 0.5) is 5.69 Å². The van der Waals surface area contributed by atoms with Crippen molar-refractivity contribution in [2.45, 2.75) is 33.4 Å². The Kier molecular flexibility index (Phi) is 6.23. The van der Waals surface area contributed by atoms with Crippen molar-refractivity contribution in [3.63, 3.8) is 0 Å². The first-order valence-corrected chi connectivity index (χ1v) is 10.6. The summed E-state index contributed by atoms with van der Waals surface area (Å²) in [6, 6.07) is 12.8. The van der Waals surface area contributed by atoms with Crippen molar-refractivity contribution in [3.05, 3.63) is 71.5 Å². The number of halogens is 1. The van der Waals surface area contributed by atoms with Crippen molar-refractivity contribution in [1.82, 2.24) is 19.1 Å². The van der Waals surface area contributed by atoms with Gasteiger partial charge in [0.1, 0.15) is 17.4 Å². The number of rotatable bonds is 8. The molecule has 0 atom stereocenters. The maximum atomic E-state index is 12.3. The van der Waals surface area contributed by atoms with Crippen molar-refractivity contribution in [2.75, 3.05) is 11.9 Å². The number of benzene rings is 2. The zero-order chi connectivity index (χ0) is 21.8.